The van der Waals surface area contributed by atoms with Gasteiger partial charge in [0.1, 0.15) is 0 Å². The van der Waals surface area contributed by atoms with Gasteiger partial charge in [-0.3, -0.25) is 9.00 Å². The Labute approximate surface area is 88.1 Å². The average molecular weight is 220 g/mol. The minimum Gasteiger partial charge on any atom is -0.359 e. The van der Waals surface area contributed by atoms with E-state index >= 15 is 0 Å². The molecule has 0 aromatic rings. The molecule has 2 unspecified atom stereocenters. The van der Waals surface area contributed by atoms with E-state index in [-0.39, 0.29) is 11.2 Å². The molecule has 84 valence electrons. The number of hydrogen-bond acceptors (Lipinski definition) is 3. The summed E-state index contributed by atoms with van der Waals surface area (Å²) in [4.78, 5) is 10.9. The van der Waals surface area contributed by atoms with Crippen LogP contribution in [0.4, 0.5) is 0 Å². The highest BCUT2D eigenvalue weighted by atomic mass is 32.2. The van der Waals surface area contributed by atoms with Gasteiger partial charge in [-0.15, -0.1) is 0 Å². The first-order valence-electron chi connectivity index (χ1n) is 4.89. The van der Waals surface area contributed by atoms with Gasteiger partial charge >= 0.3 is 0 Å². The third kappa shape index (κ3) is 6.10. The lowest BCUT2D eigenvalue weighted by molar-refractivity contribution is -0.120. The predicted octanol–water partition coefficient (Wildman–Crippen LogP) is -0.00140. The van der Waals surface area contributed by atoms with Crippen LogP contribution in [0.15, 0.2) is 0 Å². The first-order valence-corrected chi connectivity index (χ1v) is 6.27. The Bertz CT molecular complexity index is 197. The minimum absolute atomic E-state index is 0.00785. The van der Waals surface area contributed by atoms with Crippen molar-refractivity contribution in [2.45, 2.75) is 31.4 Å². The first-order chi connectivity index (χ1) is 6.61. The van der Waals surface area contributed by atoms with Gasteiger partial charge in [-0.1, -0.05) is 6.92 Å². The zero-order chi connectivity index (χ0) is 11.0. The molecule has 0 rings (SSSR count). The zero-order valence-corrected chi connectivity index (χ0v) is 9.73. The summed E-state index contributed by atoms with van der Waals surface area (Å²) in [7, 11) is 0.764. The molecule has 0 heterocycles. The van der Waals surface area contributed by atoms with E-state index in [0.29, 0.717) is 25.1 Å². The molecule has 0 aliphatic heterocycles. The molecule has 0 aliphatic rings. The molecular weight excluding hydrogens is 200 g/mol. The fourth-order valence-electron chi connectivity index (χ4n) is 1.07. The molecule has 0 radical (unpaired) electrons. The van der Waals surface area contributed by atoms with Crippen LogP contribution in [-0.2, 0) is 15.6 Å². The smallest absolute Gasteiger partial charge is 0.219 e. The molecule has 0 spiro atoms. The fourth-order valence-corrected chi connectivity index (χ4v) is 2.30. The molecule has 0 bridgehead atoms. The van der Waals surface area contributed by atoms with Crippen molar-refractivity contribution in [3.63, 3.8) is 0 Å². The second-order valence-corrected chi connectivity index (χ2v) is 5.22. The predicted molar refractivity (Wildman–Crippen MR) is 59.4 cm³/mol. The summed E-state index contributed by atoms with van der Waals surface area (Å²) < 4.78 is 11.5. The highest BCUT2D eigenvalue weighted by Crippen LogP contribution is 2.03. The third-order valence-electron chi connectivity index (χ3n) is 2.05. The van der Waals surface area contributed by atoms with Crippen molar-refractivity contribution in [3.05, 3.63) is 0 Å². The Morgan fingerprint density at radius 3 is 2.71 bits per heavy atom. The Balaban J connectivity index is 3.58. The van der Waals surface area contributed by atoms with Crippen LogP contribution in [0.2, 0.25) is 0 Å². The summed E-state index contributed by atoms with van der Waals surface area (Å²) in [5.41, 5.74) is 5.37. The molecule has 2 atom stereocenters. The standard InChI is InChI=1S/C9H20N2O2S/c1-8(5-6-10)14(13)7-3-4-9(12)11-2/h8H,3-7,10H2,1-2H3,(H,11,12). The molecule has 3 N–H and O–H groups in total. The molecule has 0 saturated carbocycles. The number of carbonyl (C=O) groups excluding carboxylic acids is 1. The second-order valence-electron chi connectivity index (χ2n) is 3.25. The molecule has 4 nitrogen and oxygen atoms in total. The van der Waals surface area contributed by atoms with E-state index in [2.05, 4.69) is 5.32 Å². The topological polar surface area (TPSA) is 72.2 Å². The lowest BCUT2D eigenvalue weighted by atomic mass is 10.3. The van der Waals surface area contributed by atoms with Gasteiger partial charge < -0.3 is 11.1 Å². The maximum atomic E-state index is 11.5. The third-order valence-corrected chi connectivity index (χ3v) is 3.87. The van der Waals surface area contributed by atoms with Gasteiger partial charge in [0.05, 0.1) is 0 Å². The lowest BCUT2D eigenvalue weighted by Gasteiger charge is -2.09. The molecule has 14 heavy (non-hydrogen) atoms. The molecule has 0 saturated heterocycles. The van der Waals surface area contributed by atoms with Crippen molar-refractivity contribution < 1.29 is 9.00 Å². The quantitative estimate of drug-likeness (QED) is 0.634. The number of nitrogens with two attached hydrogens (primary N) is 1. The Morgan fingerprint density at radius 1 is 1.57 bits per heavy atom. The van der Waals surface area contributed by atoms with E-state index in [1.807, 2.05) is 6.92 Å². The van der Waals surface area contributed by atoms with Gasteiger partial charge in [0.2, 0.25) is 5.91 Å². The van der Waals surface area contributed by atoms with Crippen molar-refractivity contribution in [2.24, 2.45) is 5.73 Å². The highest BCUT2D eigenvalue weighted by Gasteiger charge is 2.10. The van der Waals surface area contributed by atoms with Gasteiger partial charge in [-0.05, 0) is 19.4 Å². The van der Waals surface area contributed by atoms with Gasteiger partial charge in [0.15, 0.2) is 0 Å². The van der Waals surface area contributed by atoms with Gasteiger partial charge in [-0.2, -0.15) is 0 Å². The molecule has 0 aromatic heterocycles. The number of amides is 1. The Morgan fingerprint density at radius 2 is 2.21 bits per heavy atom. The molecule has 0 fully saturated rings. The Kier molecular flexibility index (Phi) is 7.70. The largest absolute Gasteiger partial charge is 0.359 e. The van der Waals surface area contributed by atoms with Crippen LogP contribution in [0.5, 0.6) is 0 Å². The number of hydrogen-bond donors (Lipinski definition) is 2. The maximum absolute atomic E-state index is 11.5. The van der Waals surface area contributed by atoms with Crippen LogP contribution in [0, 0.1) is 0 Å². The maximum Gasteiger partial charge on any atom is 0.219 e. The summed E-state index contributed by atoms with van der Waals surface area (Å²) in [5.74, 6) is 0.600. The van der Waals surface area contributed by atoms with Crippen molar-refractivity contribution in [1.29, 1.82) is 0 Å². The summed E-state index contributed by atoms with van der Waals surface area (Å²) >= 11 is 0. The van der Waals surface area contributed by atoms with Crippen LogP contribution in [0.3, 0.4) is 0 Å². The molecule has 0 aromatic carbocycles. The van der Waals surface area contributed by atoms with Crippen LogP contribution in [0.1, 0.15) is 26.2 Å². The average Bonchev–Trinajstić information content (AvgIpc) is 2.17. The fraction of sp³-hybridized carbons (Fsp3) is 0.889. The van der Waals surface area contributed by atoms with Gasteiger partial charge in [0, 0.05) is 35.3 Å². The van der Waals surface area contributed by atoms with E-state index in [0.717, 1.165) is 6.42 Å². The van der Waals surface area contributed by atoms with E-state index < -0.39 is 10.8 Å². The summed E-state index contributed by atoms with van der Waals surface area (Å²) in [6.45, 7) is 2.51. The van der Waals surface area contributed by atoms with E-state index in [1.165, 1.54) is 0 Å². The van der Waals surface area contributed by atoms with E-state index in [9.17, 15) is 9.00 Å². The van der Waals surface area contributed by atoms with Crippen LogP contribution < -0.4 is 11.1 Å². The molecule has 0 aliphatic carbocycles. The monoisotopic (exact) mass is 220 g/mol. The summed E-state index contributed by atoms with van der Waals surface area (Å²) in [6.07, 6.45) is 1.92. The Hall–Kier alpha value is -0.420. The summed E-state index contributed by atoms with van der Waals surface area (Å²) in [5, 5.41) is 2.68. The van der Waals surface area contributed by atoms with E-state index in [4.69, 9.17) is 5.73 Å². The second kappa shape index (κ2) is 7.94. The molecule has 5 heteroatoms. The van der Waals surface area contributed by atoms with Crippen molar-refractivity contribution in [1.82, 2.24) is 5.32 Å². The normalized spacial score (nSPS) is 14.8. The first kappa shape index (κ1) is 13.6. The van der Waals surface area contributed by atoms with Crippen molar-refractivity contribution in [2.75, 3.05) is 19.3 Å². The van der Waals surface area contributed by atoms with E-state index in [1.54, 1.807) is 7.05 Å². The van der Waals surface area contributed by atoms with Crippen molar-refractivity contribution in [3.8, 4) is 0 Å². The summed E-state index contributed by atoms with van der Waals surface area (Å²) in [6, 6.07) is 0. The SMILES string of the molecule is CNC(=O)CCCS(=O)C(C)CCN. The lowest BCUT2D eigenvalue weighted by Crippen LogP contribution is -2.21. The van der Waals surface area contributed by atoms with Gasteiger partial charge in [0.25, 0.3) is 0 Å². The number of rotatable bonds is 7. The zero-order valence-electron chi connectivity index (χ0n) is 8.91. The molecular formula is C9H20N2O2S. The van der Waals surface area contributed by atoms with Crippen molar-refractivity contribution >= 4 is 16.7 Å². The van der Waals surface area contributed by atoms with Crippen LogP contribution in [-0.4, -0.2) is 34.7 Å². The van der Waals surface area contributed by atoms with Crippen LogP contribution in [0.25, 0.3) is 0 Å². The number of carbonyl (C=O) groups is 1. The van der Waals surface area contributed by atoms with Gasteiger partial charge in [-0.25, -0.2) is 0 Å². The highest BCUT2D eigenvalue weighted by molar-refractivity contribution is 7.85. The van der Waals surface area contributed by atoms with Crippen LogP contribution >= 0.6 is 0 Å². The minimum atomic E-state index is -0.843. The number of nitrogens with one attached hydrogen (secondary N) is 1. The molecule has 1 amide bonds.